The summed E-state index contributed by atoms with van der Waals surface area (Å²) in [6, 6.07) is 11.2. The molecule has 6 heteroatoms. The number of esters is 1. The Bertz CT molecular complexity index is 681. The molecule has 2 heterocycles. The van der Waals surface area contributed by atoms with Crippen molar-refractivity contribution in [3.05, 3.63) is 58.5 Å². The molecule has 0 bridgehead atoms. The average molecular weight is 378 g/mol. The Balaban J connectivity index is 1.52. The zero-order valence-electron chi connectivity index (χ0n) is 12.4. The molecule has 0 unspecified atom stereocenters. The molecule has 1 aromatic carbocycles. The Morgan fingerprint density at radius 2 is 2.09 bits per heavy atom. The summed E-state index contributed by atoms with van der Waals surface area (Å²) in [5, 5.41) is 0. The second-order valence-corrected chi connectivity index (χ2v) is 6.40. The third-order valence-corrected chi connectivity index (χ3v) is 4.30. The molecule has 5 nitrogen and oxygen atoms in total. The molecule has 1 saturated heterocycles. The minimum absolute atomic E-state index is 0.0491. The van der Waals surface area contributed by atoms with Crippen LogP contribution in [-0.4, -0.2) is 23.3 Å². The number of furan rings is 1. The first-order valence-corrected chi connectivity index (χ1v) is 8.12. The molecule has 1 aliphatic rings. The number of amides is 1. The van der Waals surface area contributed by atoms with Gasteiger partial charge in [-0.1, -0.05) is 28.1 Å². The number of benzene rings is 1. The zero-order chi connectivity index (χ0) is 16.2. The molecule has 0 N–H and O–H groups in total. The molecule has 3 rings (SSSR count). The minimum atomic E-state index is -0.409. The van der Waals surface area contributed by atoms with Gasteiger partial charge in [-0.3, -0.25) is 9.59 Å². The summed E-state index contributed by atoms with van der Waals surface area (Å²) in [5.74, 6) is -0.0784. The van der Waals surface area contributed by atoms with E-state index in [-0.39, 0.29) is 24.9 Å². The van der Waals surface area contributed by atoms with Gasteiger partial charge in [0.25, 0.3) is 0 Å². The number of likely N-dealkylation sites (tertiary alicyclic amines) is 1. The highest BCUT2D eigenvalue weighted by Gasteiger charge is 2.35. The number of carbonyl (C=O) groups is 2. The van der Waals surface area contributed by atoms with Crippen LogP contribution in [-0.2, 0) is 27.5 Å². The van der Waals surface area contributed by atoms with Gasteiger partial charge in [-0.15, -0.1) is 0 Å². The maximum atomic E-state index is 12.1. The normalized spacial score (nSPS) is 17.5. The van der Waals surface area contributed by atoms with Gasteiger partial charge in [0.2, 0.25) is 5.91 Å². The lowest BCUT2D eigenvalue weighted by molar-refractivity contribution is -0.149. The van der Waals surface area contributed by atoms with E-state index in [9.17, 15) is 9.59 Å². The van der Waals surface area contributed by atoms with Crippen molar-refractivity contribution < 1.29 is 18.7 Å². The van der Waals surface area contributed by atoms with Crippen molar-refractivity contribution in [2.75, 3.05) is 6.54 Å². The molecule has 0 aliphatic carbocycles. The SMILES string of the molecule is O=C(OCc1ccc(Br)cc1)[C@H]1CC(=O)N(Cc2ccco2)C1. The molecule has 1 aliphatic heterocycles. The van der Waals surface area contributed by atoms with Crippen LogP contribution < -0.4 is 0 Å². The van der Waals surface area contributed by atoms with Crippen LogP contribution in [0.4, 0.5) is 0 Å². The first-order valence-electron chi connectivity index (χ1n) is 7.33. The Kier molecular flexibility index (Phi) is 4.81. The lowest BCUT2D eigenvalue weighted by Crippen LogP contribution is -2.26. The highest BCUT2D eigenvalue weighted by Crippen LogP contribution is 2.22. The van der Waals surface area contributed by atoms with Gasteiger partial charge in [0.15, 0.2) is 0 Å². The van der Waals surface area contributed by atoms with Crippen LogP contribution >= 0.6 is 15.9 Å². The largest absolute Gasteiger partial charge is 0.467 e. The van der Waals surface area contributed by atoms with Crippen molar-refractivity contribution in [3.8, 4) is 0 Å². The quantitative estimate of drug-likeness (QED) is 0.751. The van der Waals surface area contributed by atoms with Crippen LogP contribution in [0.15, 0.2) is 51.6 Å². The predicted octanol–water partition coefficient (Wildman–Crippen LogP) is 3.13. The number of carbonyl (C=O) groups excluding carboxylic acids is 2. The molecule has 0 spiro atoms. The van der Waals surface area contributed by atoms with E-state index in [1.165, 1.54) is 0 Å². The fourth-order valence-corrected chi connectivity index (χ4v) is 2.79. The van der Waals surface area contributed by atoms with Crippen molar-refractivity contribution in [2.45, 2.75) is 19.6 Å². The fourth-order valence-electron chi connectivity index (χ4n) is 2.53. The van der Waals surface area contributed by atoms with Crippen molar-refractivity contribution in [3.63, 3.8) is 0 Å². The Morgan fingerprint density at radius 1 is 1.30 bits per heavy atom. The number of ether oxygens (including phenoxy) is 1. The van der Waals surface area contributed by atoms with Crippen molar-refractivity contribution in [1.29, 1.82) is 0 Å². The van der Waals surface area contributed by atoms with Crippen molar-refractivity contribution in [2.24, 2.45) is 5.92 Å². The number of halogens is 1. The van der Waals surface area contributed by atoms with Crippen LogP contribution in [0.2, 0.25) is 0 Å². The second-order valence-electron chi connectivity index (χ2n) is 5.49. The zero-order valence-corrected chi connectivity index (χ0v) is 14.0. The highest BCUT2D eigenvalue weighted by molar-refractivity contribution is 9.10. The molecule has 1 fully saturated rings. The third-order valence-electron chi connectivity index (χ3n) is 3.77. The molecule has 23 heavy (non-hydrogen) atoms. The van der Waals surface area contributed by atoms with Crippen molar-refractivity contribution in [1.82, 2.24) is 4.90 Å². The number of nitrogens with zero attached hydrogens (tertiary/aromatic N) is 1. The van der Waals surface area contributed by atoms with Gasteiger partial charge >= 0.3 is 5.97 Å². The molecule has 1 aromatic heterocycles. The number of rotatable bonds is 5. The molecular formula is C17H16BrNO4. The van der Waals surface area contributed by atoms with Gasteiger partial charge in [-0.2, -0.15) is 0 Å². The van der Waals surface area contributed by atoms with E-state index in [0.717, 1.165) is 10.0 Å². The molecule has 2 aromatic rings. The average Bonchev–Trinajstić information content (AvgIpc) is 3.17. The smallest absolute Gasteiger partial charge is 0.311 e. The molecule has 1 amide bonds. The highest BCUT2D eigenvalue weighted by atomic mass is 79.9. The van der Waals surface area contributed by atoms with E-state index in [2.05, 4.69) is 15.9 Å². The molecule has 120 valence electrons. The van der Waals surface area contributed by atoms with Crippen LogP contribution in [0, 0.1) is 5.92 Å². The lowest BCUT2D eigenvalue weighted by atomic mass is 10.1. The summed E-state index contributed by atoms with van der Waals surface area (Å²) in [6.07, 6.45) is 1.76. The van der Waals surface area contributed by atoms with Crippen LogP contribution in [0.5, 0.6) is 0 Å². The van der Waals surface area contributed by atoms with E-state index < -0.39 is 5.92 Å². The van der Waals surface area contributed by atoms with Gasteiger partial charge in [-0.25, -0.2) is 0 Å². The summed E-state index contributed by atoms with van der Waals surface area (Å²) in [4.78, 5) is 25.8. The van der Waals surface area contributed by atoms with Crippen LogP contribution in [0.25, 0.3) is 0 Å². The van der Waals surface area contributed by atoms with Crippen LogP contribution in [0.3, 0.4) is 0 Å². The number of hydrogen-bond donors (Lipinski definition) is 0. The fraction of sp³-hybridized carbons (Fsp3) is 0.294. The van der Waals surface area contributed by atoms with Gasteiger partial charge in [0.05, 0.1) is 18.7 Å². The summed E-state index contributed by atoms with van der Waals surface area (Å²) >= 11 is 3.36. The van der Waals surface area contributed by atoms with Gasteiger partial charge in [-0.05, 0) is 29.8 Å². The standard InChI is InChI=1S/C17H16BrNO4/c18-14-5-3-12(4-6-14)11-23-17(21)13-8-16(20)19(9-13)10-15-2-1-7-22-15/h1-7,13H,8-11H2/t13-/m0/s1. The summed E-state index contributed by atoms with van der Waals surface area (Å²) in [5.41, 5.74) is 0.915. The van der Waals surface area contributed by atoms with Crippen molar-refractivity contribution >= 4 is 27.8 Å². The predicted molar refractivity (Wildman–Crippen MR) is 86.2 cm³/mol. The minimum Gasteiger partial charge on any atom is -0.467 e. The molecule has 0 saturated carbocycles. The maximum Gasteiger partial charge on any atom is 0.311 e. The molecule has 1 atom stereocenters. The van der Waals surface area contributed by atoms with E-state index in [4.69, 9.17) is 9.15 Å². The number of hydrogen-bond acceptors (Lipinski definition) is 4. The molecule has 0 radical (unpaired) electrons. The summed E-state index contributed by atoms with van der Waals surface area (Å²) in [7, 11) is 0. The van der Waals surface area contributed by atoms with Gasteiger partial charge in [0, 0.05) is 17.4 Å². The Morgan fingerprint density at radius 3 is 2.78 bits per heavy atom. The van der Waals surface area contributed by atoms with Gasteiger partial charge < -0.3 is 14.1 Å². The Hall–Kier alpha value is -2.08. The monoisotopic (exact) mass is 377 g/mol. The van der Waals surface area contributed by atoms with E-state index >= 15 is 0 Å². The third kappa shape index (κ3) is 4.01. The first-order chi connectivity index (χ1) is 11.1. The lowest BCUT2D eigenvalue weighted by Gasteiger charge is -2.14. The Labute approximate surface area is 142 Å². The second kappa shape index (κ2) is 7.00. The van der Waals surface area contributed by atoms with E-state index in [1.807, 2.05) is 30.3 Å². The molecular weight excluding hydrogens is 362 g/mol. The summed E-state index contributed by atoms with van der Waals surface area (Å²) < 4.78 is 11.5. The summed E-state index contributed by atoms with van der Waals surface area (Å²) in [6.45, 7) is 0.982. The van der Waals surface area contributed by atoms with Crippen LogP contribution in [0.1, 0.15) is 17.7 Å². The first kappa shape index (κ1) is 15.8. The van der Waals surface area contributed by atoms with Gasteiger partial charge in [0.1, 0.15) is 12.4 Å². The van der Waals surface area contributed by atoms with E-state index in [1.54, 1.807) is 17.2 Å². The maximum absolute atomic E-state index is 12.1. The van der Waals surface area contributed by atoms with E-state index in [0.29, 0.717) is 18.8 Å². The topological polar surface area (TPSA) is 59.8 Å².